The Morgan fingerprint density at radius 1 is 1.10 bits per heavy atom. The van der Waals surface area contributed by atoms with E-state index in [9.17, 15) is 13.2 Å². The molecule has 0 saturated carbocycles. The van der Waals surface area contributed by atoms with Gasteiger partial charge in [-0.1, -0.05) is 28.1 Å². The first-order chi connectivity index (χ1) is 9.36. The number of ether oxygens (including phenoxy) is 1. The van der Waals surface area contributed by atoms with Crippen LogP contribution in [0.4, 0.5) is 18.9 Å². The van der Waals surface area contributed by atoms with Gasteiger partial charge >= 0.3 is 6.18 Å². The van der Waals surface area contributed by atoms with Crippen LogP contribution >= 0.6 is 15.9 Å². The average molecular weight is 346 g/mol. The largest absolute Gasteiger partial charge is 0.487 e. The molecule has 20 heavy (non-hydrogen) atoms. The molecule has 6 heteroatoms. The molecule has 0 unspecified atom stereocenters. The Bertz CT molecular complexity index is 614. The summed E-state index contributed by atoms with van der Waals surface area (Å²) < 4.78 is 44.0. The molecule has 2 N–H and O–H groups in total. The highest BCUT2D eigenvalue weighted by Gasteiger charge is 2.30. The predicted molar refractivity (Wildman–Crippen MR) is 74.3 cm³/mol. The summed E-state index contributed by atoms with van der Waals surface area (Å²) in [4.78, 5) is 0. The number of hydrogen-bond donors (Lipinski definition) is 1. The van der Waals surface area contributed by atoms with Crippen LogP contribution in [-0.4, -0.2) is 0 Å². The molecule has 2 aromatic carbocycles. The normalized spacial score (nSPS) is 11.4. The number of nitrogens with two attached hydrogens (primary N) is 1. The second kappa shape index (κ2) is 5.75. The van der Waals surface area contributed by atoms with Crippen molar-refractivity contribution in [3.05, 3.63) is 58.1 Å². The van der Waals surface area contributed by atoms with Crippen molar-refractivity contribution in [3.8, 4) is 5.75 Å². The van der Waals surface area contributed by atoms with Crippen LogP contribution in [0.15, 0.2) is 46.9 Å². The van der Waals surface area contributed by atoms with Crippen molar-refractivity contribution in [2.24, 2.45) is 0 Å². The van der Waals surface area contributed by atoms with Crippen molar-refractivity contribution in [2.45, 2.75) is 12.8 Å². The summed E-state index contributed by atoms with van der Waals surface area (Å²) in [5.41, 5.74) is 5.91. The minimum absolute atomic E-state index is 0.0236. The molecule has 0 spiro atoms. The molecule has 0 amide bonds. The summed E-state index contributed by atoms with van der Waals surface area (Å²) in [6, 6.07) is 10.1. The fourth-order valence-corrected chi connectivity index (χ4v) is 2.03. The first-order valence-corrected chi connectivity index (χ1v) is 6.49. The van der Waals surface area contributed by atoms with Crippen molar-refractivity contribution in [2.75, 3.05) is 5.73 Å². The maximum absolute atomic E-state index is 12.6. The van der Waals surface area contributed by atoms with E-state index in [-0.39, 0.29) is 6.61 Å². The molecule has 0 aliphatic carbocycles. The Hall–Kier alpha value is -1.69. The van der Waals surface area contributed by atoms with E-state index in [2.05, 4.69) is 15.9 Å². The monoisotopic (exact) mass is 345 g/mol. The second-order valence-corrected chi connectivity index (χ2v) is 5.08. The highest BCUT2D eigenvalue weighted by molar-refractivity contribution is 9.10. The molecule has 0 aromatic heterocycles. The van der Waals surface area contributed by atoms with Gasteiger partial charge in [0.25, 0.3) is 0 Å². The molecule has 0 fully saturated rings. The highest BCUT2D eigenvalue weighted by Crippen LogP contribution is 2.30. The Morgan fingerprint density at radius 3 is 2.50 bits per heavy atom. The van der Waals surface area contributed by atoms with Gasteiger partial charge in [0.05, 0.1) is 11.3 Å². The van der Waals surface area contributed by atoms with E-state index in [0.717, 1.165) is 16.6 Å². The molecule has 2 rings (SSSR count). The summed E-state index contributed by atoms with van der Waals surface area (Å²) in [5.74, 6) is 0.436. The molecule has 0 heterocycles. The van der Waals surface area contributed by atoms with Crippen LogP contribution < -0.4 is 10.5 Å². The van der Waals surface area contributed by atoms with Gasteiger partial charge in [0.15, 0.2) is 0 Å². The van der Waals surface area contributed by atoms with Gasteiger partial charge in [0, 0.05) is 4.47 Å². The van der Waals surface area contributed by atoms with Crippen molar-refractivity contribution in [3.63, 3.8) is 0 Å². The number of nitrogen functional groups attached to an aromatic ring is 1. The second-order valence-electron chi connectivity index (χ2n) is 4.17. The predicted octanol–water partition coefficient (Wildman–Crippen LogP) is 4.63. The lowest BCUT2D eigenvalue weighted by Crippen LogP contribution is -2.06. The van der Waals surface area contributed by atoms with Crippen LogP contribution in [0.3, 0.4) is 0 Å². The molecule has 2 aromatic rings. The van der Waals surface area contributed by atoms with E-state index in [0.29, 0.717) is 17.0 Å². The average Bonchev–Trinajstić information content (AvgIpc) is 2.37. The third-order valence-corrected chi connectivity index (χ3v) is 3.11. The lowest BCUT2D eigenvalue weighted by Gasteiger charge is -2.11. The molecule has 0 bridgehead atoms. The van der Waals surface area contributed by atoms with E-state index >= 15 is 0 Å². The Morgan fingerprint density at radius 2 is 1.85 bits per heavy atom. The minimum atomic E-state index is -4.35. The summed E-state index contributed by atoms with van der Waals surface area (Å²) in [5, 5.41) is 0. The van der Waals surface area contributed by atoms with Crippen molar-refractivity contribution < 1.29 is 17.9 Å². The first kappa shape index (κ1) is 14.7. The maximum Gasteiger partial charge on any atom is 0.416 e. The Balaban J connectivity index is 2.11. The molecule has 0 aliphatic heterocycles. The van der Waals surface area contributed by atoms with Crippen LogP contribution in [-0.2, 0) is 12.8 Å². The van der Waals surface area contributed by atoms with Gasteiger partial charge in [-0.25, -0.2) is 0 Å². The minimum Gasteiger partial charge on any atom is -0.487 e. The van der Waals surface area contributed by atoms with Crippen LogP contribution in [0.2, 0.25) is 0 Å². The molecule has 106 valence electrons. The topological polar surface area (TPSA) is 35.2 Å². The summed E-state index contributed by atoms with van der Waals surface area (Å²) in [7, 11) is 0. The molecule has 0 aliphatic rings. The third kappa shape index (κ3) is 3.66. The fourth-order valence-electron chi connectivity index (χ4n) is 1.65. The third-order valence-electron chi connectivity index (χ3n) is 2.62. The van der Waals surface area contributed by atoms with Gasteiger partial charge < -0.3 is 10.5 Å². The quantitative estimate of drug-likeness (QED) is 0.823. The van der Waals surface area contributed by atoms with Crippen molar-refractivity contribution in [1.29, 1.82) is 0 Å². The standard InChI is InChI=1S/C14H11BrF3NO/c15-11-4-5-13(12(19)7-11)20-8-9-2-1-3-10(6-9)14(16,17)18/h1-7H,8,19H2. The summed E-state index contributed by atoms with van der Waals surface area (Å²) >= 11 is 3.26. The zero-order chi connectivity index (χ0) is 14.8. The van der Waals surface area contributed by atoms with E-state index in [1.165, 1.54) is 6.07 Å². The number of rotatable bonds is 3. The number of alkyl halides is 3. The van der Waals surface area contributed by atoms with Gasteiger partial charge in [-0.15, -0.1) is 0 Å². The zero-order valence-corrected chi connectivity index (χ0v) is 11.8. The van der Waals surface area contributed by atoms with Crippen LogP contribution in [0.1, 0.15) is 11.1 Å². The highest BCUT2D eigenvalue weighted by atomic mass is 79.9. The van der Waals surface area contributed by atoms with Gasteiger partial charge in [0.2, 0.25) is 0 Å². The van der Waals surface area contributed by atoms with E-state index in [1.54, 1.807) is 24.3 Å². The number of halogens is 4. The summed E-state index contributed by atoms with van der Waals surface area (Å²) in [6.45, 7) is 0.0236. The number of hydrogen-bond acceptors (Lipinski definition) is 2. The van der Waals surface area contributed by atoms with Crippen molar-refractivity contribution in [1.82, 2.24) is 0 Å². The molecule has 0 radical (unpaired) electrons. The van der Waals surface area contributed by atoms with E-state index < -0.39 is 11.7 Å². The molecule has 0 saturated heterocycles. The Labute approximate surface area is 122 Å². The van der Waals surface area contributed by atoms with E-state index in [1.807, 2.05) is 0 Å². The lowest BCUT2D eigenvalue weighted by atomic mass is 10.1. The molecular formula is C14H11BrF3NO. The van der Waals surface area contributed by atoms with Crippen LogP contribution in [0.25, 0.3) is 0 Å². The first-order valence-electron chi connectivity index (χ1n) is 5.70. The fraction of sp³-hybridized carbons (Fsp3) is 0.143. The molecular weight excluding hydrogens is 335 g/mol. The van der Waals surface area contributed by atoms with Crippen molar-refractivity contribution >= 4 is 21.6 Å². The van der Waals surface area contributed by atoms with Gasteiger partial charge in [0.1, 0.15) is 12.4 Å². The van der Waals surface area contributed by atoms with Crippen LogP contribution in [0, 0.1) is 0 Å². The SMILES string of the molecule is Nc1cc(Br)ccc1OCc1cccc(C(F)(F)F)c1. The maximum atomic E-state index is 12.6. The Kier molecular flexibility index (Phi) is 4.23. The van der Waals surface area contributed by atoms with Gasteiger partial charge in [-0.3, -0.25) is 0 Å². The lowest BCUT2D eigenvalue weighted by molar-refractivity contribution is -0.137. The summed E-state index contributed by atoms with van der Waals surface area (Å²) in [6.07, 6.45) is -4.35. The molecule has 0 atom stereocenters. The number of anilines is 1. The van der Waals surface area contributed by atoms with Crippen LogP contribution in [0.5, 0.6) is 5.75 Å². The zero-order valence-electron chi connectivity index (χ0n) is 10.2. The van der Waals surface area contributed by atoms with E-state index in [4.69, 9.17) is 10.5 Å². The van der Waals surface area contributed by atoms with Gasteiger partial charge in [-0.05, 0) is 35.9 Å². The number of benzene rings is 2. The van der Waals surface area contributed by atoms with Gasteiger partial charge in [-0.2, -0.15) is 13.2 Å². The molecule has 2 nitrogen and oxygen atoms in total. The smallest absolute Gasteiger partial charge is 0.416 e.